The summed E-state index contributed by atoms with van der Waals surface area (Å²) < 4.78 is 15.7. The van der Waals surface area contributed by atoms with Gasteiger partial charge >= 0.3 is 0 Å². The molecule has 3 rings (SSSR count). The van der Waals surface area contributed by atoms with Gasteiger partial charge in [0.2, 0.25) is 5.75 Å². The highest BCUT2D eigenvalue weighted by Gasteiger charge is 2.19. The zero-order valence-electron chi connectivity index (χ0n) is 19.2. The summed E-state index contributed by atoms with van der Waals surface area (Å²) in [6, 6.07) is 16.4. The quantitative estimate of drug-likeness (QED) is 0.463. The van der Waals surface area contributed by atoms with Gasteiger partial charge in [-0.05, 0) is 43.3 Å². The van der Waals surface area contributed by atoms with Crippen LogP contribution in [0.5, 0.6) is 17.2 Å². The number of benzene rings is 3. The van der Waals surface area contributed by atoms with E-state index in [0.717, 1.165) is 5.56 Å². The van der Waals surface area contributed by atoms with Crippen LogP contribution in [0.25, 0.3) is 0 Å². The Labute approximate surface area is 197 Å². The predicted octanol–water partition coefficient (Wildman–Crippen LogP) is 3.35. The van der Waals surface area contributed by atoms with Crippen LogP contribution in [0, 0.1) is 6.92 Å². The molecule has 0 saturated heterocycles. The van der Waals surface area contributed by atoms with Crippen molar-refractivity contribution in [3.63, 3.8) is 0 Å². The van der Waals surface area contributed by atoms with E-state index in [-0.39, 0.29) is 17.0 Å². The molecule has 0 fully saturated rings. The van der Waals surface area contributed by atoms with Gasteiger partial charge in [0, 0.05) is 11.1 Å². The first-order valence-electron chi connectivity index (χ1n) is 10.3. The number of hydrazine groups is 1. The molecule has 0 aliphatic carbocycles. The highest BCUT2D eigenvalue weighted by molar-refractivity contribution is 6.09. The van der Waals surface area contributed by atoms with Crippen molar-refractivity contribution in [2.75, 3.05) is 26.6 Å². The molecule has 0 bridgehead atoms. The topological polar surface area (TPSA) is 115 Å². The van der Waals surface area contributed by atoms with E-state index in [0.29, 0.717) is 28.5 Å². The first-order chi connectivity index (χ1) is 16.4. The van der Waals surface area contributed by atoms with Crippen molar-refractivity contribution in [2.24, 2.45) is 0 Å². The van der Waals surface area contributed by atoms with Crippen LogP contribution in [0.4, 0.5) is 5.69 Å². The van der Waals surface area contributed by atoms with Crippen LogP contribution in [-0.2, 0) is 0 Å². The van der Waals surface area contributed by atoms with Gasteiger partial charge in [-0.25, -0.2) is 0 Å². The highest BCUT2D eigenvalue weighted by atomic mass is 16.5. The molecule has 3 N–H and O–H groups in total. The zero-order valence-corrected chi connectivity index (χ0v) is 19.2. The SMILES string of the molecule is COc1cc(C(=O)NNC(=O)c2ccccc2NC(=O)c2ccc(C)cc2)cc(OC)c1OC. The van der Waals surface area contributed by atoms with Crippen molar-refractivity contribution in [1.29, 1.82) is 0 Å². The molecule has 0 saturated carbocycles. The standard InChI is InChI=1S/C25H25N3O6/c1-15-9-11-16(12-10-15)23(29)26-19-8-6-5-7-18(19)25(31)28-27-24(30)17-13-20(32-2)22(34-4)21(14-17)33-3/h5-14H,1-4H3,(H,26,29)(H,27,30)(H,28,31). The van der Waals surface area contributed by atoms with Crippen LogP contribution < -0.4 is 30.4 Å². The molecule has 0 aromatic heterocycles. The molecule has 3 amide bonds. The Morgan fingerprint density at radius 2 is 1.26 bits per heavy atom. The Kier molecular flexibility index (Phi) is 7.71. The van der Waals surface area contributed by atoms with E-state index in [1.54, 1.807) is 30.3 Å². The molecule has 0 radical (unpaired) electrons. The summed E-state index contributed by atoms with van der Waals surface area (Å²) in [6.07, 6.45) is 0. The number of anilines is 1. The van der Waals surface area contributed by atoms with Gasteiger partial charge in [0.25, 0.3) is 17.7 Å². The van der Waals surface area contributed by atoms with Crippen molar-refractivity contribution in [3.8, 4) is 17.2 Å². The molecule has 176 valence electrons. The van der Waals surface area contributed by atoms with Gasteiger partial charge in [-0.15, -0.1) is 0 Å². The molecule has 34 heavy (non-hydrogen) atoms. The number of hydrogen-bond acceptors (Lipinski definition) is 6. The van der Waals surface area contributed by atoms with Gasteiger partial charge in [0.15, 0.2) is 11.5 Å². The number of ether oxygens (including phenoxy) is 3. The second-order valence-corrected chi connectivity index (χ2v) is 7.19. The van der Waals surface area contributed by atoms with E-state index < -0.39 is 11.8 Å². The van der Waals surface area contributed by atoms with Gasteiger partial charge in [-0.3, -0.25) is 25.2 Å². The fraction of sp³-hybridized carbons (Fsp3) is 0.160. The molecular weight excluding hydrogens is 438 g/mol. The van der Waals surface area contributed by atoms with Crippen molar-refractivity contribution >= 4 is 23.4 Å². The third-order valence-electron chi connectivity index (χ3n) is 4.95. The number of methoxy groups -OCH3 is 3. The van der Waals surface area contributed by atoms with Crippen molar-refractivity contribution in [3.05, 3.63) is 82.9 Å². The minimum Gasteiger partial charge on any atom is -0.493 e. The maximum Gasteiger partial charge on any atom is 0.271 e. The van der Waals surface area contributed by atoms with Crippen LogP contribution in [0.2, 0.25) is 0 Å². The summed E-state index contributed by atoms with van der Waals surface area (Å²) in [5.41, 5.74) is 6.84. The van der Waals surface area contributed by atoms with Crippen LogP contribution in [0.3, 0.4) is 0 Å². The average Bonchev–Trinajstić information content (AvgIpc) is 2.86. The third kappa shape index (κ3) is 5.44. The first kappa shape index (κ1) is 24.1. The van der Waals surface area contributed by atoms with E-state index in [4.69, 9.17) is 14.2 Å². The van der Waals surface area contributed by atoms with Gasteiger partial charge in [-0.2, -0.15) is 0 Å². The number of rotatable bonds is 7. The predicted molar refractivity (Wildman–Crippen MR) is 127 cm³/mol. The average molecular weight is 463 g/mol. The minimum absolute atomic E-state index is 0.174. The van der Waals surface area contributed by atoms with Crippen molar-refractivity contribution < 1.29 is 28.6 Å². The van der Waals surface area contributed by atoms with Crippen molar-refractivity contribution in [1.82, 2.24) is 10.9 Å². The summed E-state index contributed by atoms with van der Waals surface area (Å²) in [6.45, 7) is 1.92. The number of para-hydroxylation sites is 1. The second-order valence-electron chi connectivity index (χ2n) is 7.19. The number of nitrogens with one attached hydrogen (secondary N) is 3. The van der Waals surface area contributed by atoms with Crippen LogP contribution in [0.15, 0.2) is 60.7 Å². The molecule has 0 unspecified atom stereocenters. The summed E-state index contributed by atoms with van der Waals surface area (Å²) >= 11 is 0. The molecule has 0 heterocycles. The molecule has 9 nitrogen and oxygen atoms in total. The number of aryl methyl sites for hydroxylation is 1. The number of hydrogen-bond donors (Lipinski definition) is 3. The molecule has 9 heteroatoms. The Balaban J connectivity index is 1.73. The summed E-state index contributed by atoms with van der Waals surface area (Å²) in [5, 5.41) is 2.73. The van der Waals surface area contributed by atoms with Gasteiger partial charge in [-0.1, -0.05) is 29.8 Å². The van der Waals surface area contributed by atoms with E-state index in [2.05, 4.69) is 16.2 Å². The zero-order chi connectivity index (χ0) is 24.7. The highest BCUT2D eigenvalue weighted by Crippen LogP contribution is 2.38. The number of carbonyl (C=O) groups is 3. The van der Waals surface area contributed by atoms with Crippen LogP contribution >= 0.6 is 0 Å². The summed E-state index contributed by atoms with van der Waals surface area (Å²) in [5.74, 6) is -0.648. The maximum atomic E-state index is 12.8. The Hall–Kier alpha value is -4.53. The Bertz CT molecular complexity index is 1180. The van der Waals surface area contributed by atoms with E-state index in [1.807, 2.05) is 19.1 Å². The van der Waals surface area contributed by atoms with Gasteiger partial charge in [0.1, 0.15) is 0 Å². The first-order valence-corrected chi connectivity index (χ1v) is 10.3. The van der Waals surface area contributed by atoms with Gasteiger partial charge in [0.05, 0.1) is 32.6 Å². The lowest BCUT2D eigenvalue weighted by Crippen LogP contribution is -2.42. The summed E-state index contributed by atoms with van der Waals surface area (Å²) in [7, 11) is 4.32. The fourth-order valence-corrected chi connectivity index (χ4v) is 3.15. The maximum absolute atomic E-state index is 12.8. The van der Waals surface area contributed by atoms with Crippen LogP contribution in [0.1, 0.15) is 36.6 Å². The molecule has 0 aliphatic heterocycles. The molecular formula is C25H25N3O6. The molecule has 3 aromatic carbocycles. The molecule has 0 aliphatic rings. The Morgan fingerprint density at radius 3 is 1.85 bits per heavy atom. The third-order valence-corrected chi connectivity index (χ3v) is 4.95. The monoisotopic (exact) mass is 463 g/mol. The molecule has 3 aromatic rings. The van der Waals surface area contributed by atoms with E-state index in [9.17, 15) is 14.4 Å². The lowest BCUT2D eigenvalue weighted by atomic mass is 10.1. The van der Waals surface area contributed by atoms with Gasteiger partial charge < -0.3 is 19.5 Å². The lowest BCUT2D eigenvalue weighted by Gasteiger charge is -2.15. The molecule has 0 atom stereocenters. The Morgan fingerprint density at radius 1 is 0.676 bits per heavy atom. The smallest absolute Gasteiger partial charge is 0.271 e. The fourth-order valence-electron chi connectivity index (χ4n) is 3.15. The molecule has 0 spiro atoms. The van der Waals surface area contributed by atoms with Crippen LogP contribution in [-0.4, -0.2) is 39.1 Å². The van der Waals surface area contributed by atoms with Crippen molar-refractivity contribution in [2.45, 2.75) is 6.92 Å². The normalized spacial score (nSPS) is 10.1. The van der Waals surface area contributed by atoms with E-state index >= 15 is 0 Å². The largest absolute Gasteiger partial charge is 0.493 e. The minimum atomic E-state index is -0.611. The number of carbonyl (C=O) groups excluding carboxylic acids is 3. The lowest BCUT2D eigenvalue weighted by molar-refractivity contribution is 0.0846. The second kappa shape index (κ2) is 10.9. The summed E-state index contributed by atoms with van der Waals surface area (Å²) in [4.78, 5) is 38.0. The number of amides is 3. The van der Waals surface area contributed by atoms with E-state index in [1.165, 1.54) is 39.5 Å².